The Balaban J connectivity index is 1.43. The van der Waals surface area contributed by atoms with Gasteiger partial charge in [0.15, 0.2) is 16.2 Å². The fraction of sp³-hybridized carbons (Fsp3) is 0.161. The van der Waals surface area contributed by atoms with E-state index in [2.05, 4.69) is 39.7 Å². The van der Waals surface area contributed by atoms with Crippen LogP contribution in [0.5, 0.6) is 0 Å². The van der Waals surface area contributed by atoms with Crippen molar-refractivity contribution in [2.24, 2.45) is 15.2 Å². The van der Waals surface area contributed by atoms with Crippen molar-refractivity contribution in [3.8, 4) is 0 Å². The zero-order valence-electron chi connectivity index (χ0n) is 29.2. The molecule has 5 aromatic rings. The van der Waals surface area contributed by atoms with Gasteiger partial charge in [-0.2, -0.15) is 45.3 Å². The minimum atomic E-state index is -4.90. The summed E-state index contributed by atoms with van der Waals surface area (Å²) in [4.78, 5) is 17.1. The number of fused-ring (bicyclic) bond motifs is 1. The summed E-state index contributed by atoms with van der Waals surface area (Å²) in [7, 11) is -17.2. The quantitative estimate of drug-likeness (QED) is 0.0418. The molecule has 0 radical (unpaired) electrons. The van der Waals surface area contributed by atoms with Crippen molar-refractivity contribution in [1.29, 1.82) is 0 Å². The van der Waals surface area contributed by atoms with Gasteiger partial charge in [0.1, 0.15) is 15.5 Å². The van der Waals surface area contributed by atoms with E-state index in [1.807, 2.05) is 0 Å². The van der Waals surface area contributed by atoms with Crippen molar-refractivity contribution in [1.82, 2.24) is 15.0 Å². The number of nitrogens with zero attached hydrogens (tertiary/aromatic N) is 7. The minimum Gasteiger partial charge on any atom is -0.486 e. The molecule has 0 aliphatic rings. The van der Waals surface area contributed by atoms with Gasteiger partial charge in [-0.15, -0.1) is 5.11 Å². The Labute approximate surface area is 330 Å². The van der Waals surface area contributed by atoms with Crippen LogP contribution in [0, 0.1) is 0 Å². The van der Waals surface area contributed by atoms with E-state index in [9.17, 15) is 42.8 Å². The van der Waals surface area contributed by atoms with E-state index in [1.165, 1.54) is 61.7 Å². The standard InChI is InChI=1S/C31H29ClN8O13S4/c1-3-40(21-8-10-22(11-9-21)54(41,42)14-13-53-57(49,50)51)31-36-29(32)35-30(37-31)34-19-7-12-25(26(16-19)33-18-52-2)39-38-20-15-24-23(28(17-20)56(46,47)48)5-4-6-27(24)55(43,44)45/h4-12,15-18H,3,13-14H2,1-2H3,(H,43,44,45)(H,46,47,48)(H,49,50,51)(H,34,35,36,37). The van der Waals surface area contributed by atoms with E-state index in [4.69, 9.17) is 20.9 Å². The average Bonchev–Trinajstić information content (AvgIpc) is 3.12. The number of hydrogen-bond donors (Lipinski definition) is 4. The highest BCUT2D eigenvalue weighted by Gasteiger charge is 2.22. The molecule has 0 bridgehead atoms. The highest BCUT2D eigenvalue weighted by molar-refractivity contribution is 7.91. The second-order valence-corrected chi connectivity index (χ2v) is 17.6. The average molecular weight is 885 g/mol. The number of methoxy groups -OCH3 is 1. The van der Waals surface area contributed by atoms with Crippen LogP contribution in [0.4, 0.5) is 40.3 Å². The van der Waals surface area contributed by atoms with Crippen molar-refractivity contribution in [3.63, 3.8) is 0 Å². The first-order valence-electron chi connectivity index (χ1n) is 15.7. The first-order valence-corrected chi connectivity index (χ1v) is 22.0. The number of halogens is 1. The minimum absolute atomic E-state index is 0.0268. The molecule has 5 rings (SSSR count). The largest absolute Gasteiger partial charge is 0.486 e. The van der Waals surface area contributed by atoms with E-state index < -0.39 is 62.6 Å². The van der Waals surface area contributed by atoms with Crippen LogP contribution in [-0.2, 0) is 49.4 Å². The Morgan fingerprint density at radius 3 is 2.14 bits per heavy atom. The molecule has 0 atom stereocenters. The number of aromatic nitrogens is 3. The molecule has 4 N–H and O–H groups in total. The first-order chi connectivity index (χ1) is 26.7. The summed E-state index contributed by atoms with van der Waals surface area (Å²) in [5.41, 5.74) is 0.847. The molecular formula is C31H29ClN8O13S4. The zero-order valence-corrected chi connectivity index (χ0v) is 33.2. The molecule has 1 aromatic heterocycles. The number of rotatable bonds is 16. The number of aliphatic imine (C=N–C) groups is 1. The third-order valence-corrected chi connectivity index (χ3v) is 11.6. The Morgan fingerprint density at radius 1 is 0.807 bits per heavy atom. The monoisotopic (exact) mass is 884 g/mol. The highest BCUT2D eigenvalue weighted by atomic mass is 35.5. The normalized spacial score (nSPS) is 12.7. The van der Waals surface area contributed by atoms with E-state index in [0.29, 0.717) is 11.4 Å². The van der Waals surface area contributed by atoms with Crippen molar-refractivity contribution in [2.45, 2.75) is 21.6 Å². The highest BCUT2D eigenvalue weighted by Crippen LogP contribution is 2.37. The number of nitrogens with one attached hydrogen (secondary N) is 1. The predicted octanol–water partition coefficient (Wildman–Crippen LogP) is 5.39. The molecule has 0 fully saturated rings. The summed E-state index contributed by atoms with van der Waals surface area (Å²) in [6, 6.07) is 15.6. The molecule has 0 saturated heterocycles. The maximum absolute atomic E-state index is 12.6. The van der Waals surface area contributed by atoms with Crippen molar-refractivity contribution in [3.05, 3.63) is 78.1 Å². The summed E-state index contributed by atoms with van der Waals surface area (Å²) < 4.78 is 133. The molecule has 0 saturated carbocycles. The lowest BCUT2D eigenvalue weighted by Crippen LogP contribution is -2.20. The van der Waals surface area contributed by atoms with Crippen LogP contribution in [0.15, 0.2) is 103 Å². The van der Waals surface area contributed by atoms with Crippen LogP contribution in [0.3, 0.4) is 0 Å². The molecule has 0 spiro atoms. The predicted molar refractivity (Wildman–Crippen MR) is 206 cm³/mol. The second-order valence-electron chi connectivity index (χ2n) is 11.3. The van der Waals surface area contributed by atoms with Crippen LogP contribution < -0.4 is 10.2 Å². The molecule has 302 valence electrons. The third kappa shape index (κ3) is 11.0. The molecule has 4 aromatic carbocycles. The van der Waals surface area contributed by atoms with Gasteiger partial charge in [0.05, 0.1) is 35.7 Å². The summed E-state index contributed by atoms with van der Waals surface area (Å²) in [5, 5.41) is 10.5. The molecule has 21 nitrogen and oxygen atoms in total. The van der Waals surface area contributed by atoms with Crippen LogP contribution in [0.1, 0.15) is 6.92 Å². The van der Waals surface area contributed by atoms with Gasteiger partial charge in [0, 0.05) is 28.7 Å². The maximum atomic E-state index is 12.6. The Hall–Kier alpha value is -5.25. The van der Waals surface area contributed by atoms with Crippen molar-refractivity contribution in [2.75, 3.05) is 36.2 Å². The number of benzene rings is 4. The van der Waals surface area contributed by atoms with Gasteiger partial charge >= 0.3 is 10.4 Å². The third-order valence-electron chi connectivity index (χ3n) is 7.51. The van der Waals surface area contributed by atoms with Gasteiger partial charge in [-0.25, -0.2) is 17.6 Å². The van der Waals surface area contributed by atoms with Gasteiger partial charge in [0.25, 0.3) is 20.2 Å². The van der Waals surface area contributed by atoms with Crippen LogP contribution in [0.25, 0.3) is 10.8 Å². The number of hydrogen-bond acceptors (Lipinski definition) is 18. The molecule has 0 aliphatic heterocycles. The lowest BCUT2D eigenvalue weighted by molar-refractivity contribution is 0.284. The lowest BCUT2D eigenvalue weighted by Gasteiger charge is -2.21. The van der Waals surface area contributed by atoms with Gasteiger partial charge in [-0.1, -0.05) is 12.1 Å². The summed E-state index contributed by atoms with van der Waals surface area (Å²) in [6.07, 6.45) is 1.09. The maximum Gasteiger partial charge on any atom is 0.397 e. The SMILES string of the molecule is CCN(c1ccc(S(=O)(=O)CCOS(=O)(=O)O)cc1)c1nc(Cl)nc(Nc2ccc(N=Nc3cc(S(=O)(=O)O)c4cccc(S(=O)(=O)O)c4c3)c(N=COC)c2)n1. The Bertz CT molecular complexity index is 2850. The van der Waals surface area contributed by atoms with Crippen LogP contribution in [0.2, 0.25) is 5.28 Å². The summed E-state index contributed by atoms with van der Waals surface area (Å²) in [6.45, 7) is 1.26. The molecular weight excluding hydrogens is 856 g/mol. The number of sulfone groups is 1. The van der Waals surface area contributed by atoms with Crippen LogP contribution >= 0.6 is 11.6 Å². The molecule has 1 heterocycles. The molecule has 26 heteroatoms. The fourth-order valence-electron chi connectivity index (χ4n) is 5.10. The summed E-state index contributed by atoms with van der Waals surface area (Å²) in [5.74, 6) is -0.676. The number of anilines is 4. The topological polar surface area (TPSA) is 307 Å². The molecule has 57 heavy (non-hydrogen) atoms. The lowest BCUT2D eigenvalue weighted by atomic mass is 10.1. The van der Waals surface area contributed by atoms with Gasteiger partial charge < -0.3 is 15.0 Å². The van der Waals surface area contributed by atoms with E-state index in [0.717, 1.165) is 24.6 Å². The van der Waals surface area contributed by atoms with Gasteiger partial charge in [0.2, 0.25) is 17.2 Å². The summed E-state index contributed by atoms with van der Waals surface area (Å²) >= 11 is 6.26. The van der Waals surface area contributed by atoms with E-state index >= 15 is 0 Å². The smallest absolute Gasteiger partial charge is 0.397 e. The molecule has 0 aliphatic carbocycles. The Kier molecular flexibility index (Phi) is 12.9. The Morgan fingerprint density at radius 2 is 1.51 bits per heavy atom. The van der Waals surface area contributed by atoms with Gasteiger partial charge in [-0.05, 0) is 79.2 Å². The zero-order chi connectivity index (χ0) is 41.8. The number of ether oxygens (including phenoxy) is 1. The fourth-order valence-corrected chi connectivity index (χ4v) is 8.17. The second kappa shape index (κ2) is 17.1. The number of azo groups is 1. The molecule has 0 unspecified atom stereocenters. The molecule has 0 amide bonds. The first kappa shape index (κ1) is 42.9. The van der Waals surface area contributed by atoms with Crippen molar-refractivity contribution < 1.29 is 56.2 Å². The van der Waals surface area contributed by atoms with Gasteiger partial charge in [-0.3, -0.25) is 13.7 Å². The van der Waals surface area contributed by atoms with E-state index in [-0.39, 0.29) is 56.5 Å². The van der Waals surface area contributed by atoms with E-state index in [1.54, 1.807) is 11.8 Å². The van der Waals surface area contributed by atoms with Crippen LogP contribution in [-0.4, -0.2) is 94.7 Å². The van der Waals surface area contributed by atoms with Crippen molar-refractivity contribution >= 4 is 110 Å².